The summed E-state index contributed by atoms with van der Waals surface area (Å²) in [6, 6.07) is 17.9. The number of carbonyl (C=O) groups excluding carboxylic acids is 2. The van der Waals surface area contributed by atoms with Crippen molar-refractivity contribution in [2.24, 2.45) is 0 Å². The van der Waals surface area contributed by atoms with Crippen LogP contribution in [0.3, 0.4) is 0 Å². The number of rotatable bonds is 9. The predicted molar refractivity (Wildman–Crippen MR) is 282 cm³/mol. The van der Waals surface area contributed by atoms with Gasteiger partial charge in [0.05, 0.1) is 24.1 Å². The molecule has 4 rings (SSSR count). The SMILES string of the molecule is CC(C)(C)O.CC(C)(C)[O-].CCO.Cc1cc(CCCO)ccc1Br.Cc1cc(N(CCO)C(=O)CBr)ccc1Br.Cc1cc(N2CCOCC2=O)ccc1Br.O=C(O)CBr.[2H]CC.[3H]C.[K+]. The van der Waals surface area contributed by atoms with E-state index in [1.807, 2.05) is 50.2 Å². The van der Waals surface area contributed by atoms with E-state index in [1.54, 1.807) is 65.2 Å². The van der Waals surface area contributed by atoms with Crippen LogP contribution in [0.4, 0.5) is 11.4 Å². The number of morpholine rings is 1. The average Bonchev–Trinajstić information content (AvgIpc) is 3.23. The van der Waals surface area contributed by atoms with Crippen LogP contribution in [0.25, 0.3) is 0 Å². The average molecular weight is 1270 g/mol. The normalized spacial score (nSPS) is 11.4. The number of hydrogen-bond donors (Lipinski definition) is 5. The van der Waals surface area contributed by atoms with E-state index < -0.39 is 17.2 Å². The van der Waals surface area contributed by atoms with E-state index in [2.05, 4.69) is 105 Å². The van der Waals surface area contributed by atoms with E-state index in [9.17, 15) is 19.5 Å². The monoisotopic (exact) mass is 1270 g/mol. The number of halogens is 5. The zero-order valence-corrected chi connectivity index (χ0v) is 51.8. The van der Waals surface area contributed by atoms with Gasteiger partial charge in [-0.05, 0) is 126 Å². The Morgan fingerprint density at radius 1 is 0.877 bits per heavy atom. The van der Waals surface area contributed by atoms with Gasteiger partial charge in [0.15, 0.2) is 0 Å². The van der Waals surface area contributed by atoms with Crippen LogP contribution in [0.5, 0.6) is 0 Å². The molecule has 5 N–H and O–H groups in total. The van der Waals surface area contributed by atoms with Crippen LogP contribution in [-0.2, 0) is 25.5 Å². The number of carboxylic acids is 1. The second-order valence-electron chi connectivity index (χ2n) is 14.9. The van der Waals surface area contributed by atoms with Gasteiger partial charge in [0.2, 0.25) is 5.91 Å². The molecular weight excluding hydrogens is 1190 g/mol. The van der Waals surface area contributed by atoms with Crippen LogP contribution in [-0.4, -0.2) is 111 Å². The summed E-state index contributed by atoms with van der Waals surface area (Å²) in [4.78, 5) is 35.9. The molecule has 3 aromatic rings. The summed E-state index contributed by atoms with van der Waals surface area (Å²) < 4.78 is 20.3. The third kappa shape index (κ3) is 46.0. The molecule has 0 atom stereocenters. The minimum Gasteiger partial charge on any atom is -0.850 e. The van der Waals surface area contributed by atoms with Crippen molar-refractivity contribution >= 4 is 109 Å². The second-order valence-corrected chi connectivity index (χ2v) is 18.6. The number of aryl methyl sites for hydroxylation is 4. The number of carboxylic acid groups (broad SMARTS) is 1. The molecule has 65 heavy (non-hydrogen) atoms. The first kappa shape index (κ1) is 71.4. The van der Waals surface area contributed by atoms with E-state index >= 15 is 0 Å². The molecule has 18 heteroatoms. The first-order valence-electron chi connectivity index (χ1n) is 21.7. The van der Waals surface area contributed by atoms with Crippen molar-refractivity contribution in [1.82, 2.24) is 0 Å². The van der Waals surface area contributed by atoms with Gasteiger partial charge in [-0.25, -0.2) is 0 Å². The van der Waals surface area contributed by atoms with Gasteiger partial charge >= 0.3 is 57.4 Å². The molecule has 370 valence electrons. The van der Waals surface area contributed by atoms with Gasteiger partial charge < -0.3 is 45.2 Å². The molecule has 0 spiro atoms. The van der Waals surface area contributed by atoms with E-state index in [1.165, 1.54) is 18.5 Å². The summed E-state index contributed by atoms with van der Waals surface area (Å²) in [6.45, 7) is 22.4. The predicted octanol–water partition coefficient (Wildman–Crippen LogP) is 7.33. The van der Waals surface area contributed by atoms with Gasteiger partial charge in [-0.3, -0.25) is 14.4 Å². The fourth-order valence-electron chi connectivity index (χ4n) is 4.10. The van der Waals surface area contributed by atoms with Crippen molar-refractivity contribution in [3.8, 4) is 0 Å². The van der Waals surface area contributed by atoms with Crippen LogP contribution in [0.2, 0.25) is 0 Å². The quantitative estimate of drug-likeness (QED) is 0.107. The fraction of sp³-hybridized carbons (Fsp3) is 0.553. The van der Waals surface area contributed by atoms with E-state index in [0.717, 1.165) is 48.8 Å². The number of carbonyl (C=O) groups is 3. The maximum Gasteiger partial charge on any atom is 1.00 e. The van der Waals surface area contributed by atoms with Crippen molar-refractivity contribution in [2.75, 3.05) is 66.6 Å². The number of aliphatic hydroxyl groups excluding tert-OH is 3. The van der Waals surface area contributed by atoms with Gasteiger partial charge in [0.25, 0.3) is 5.91 Å². The molecule has 0 saturated carbocycles. The molecule has 0 radical (unpaired) electrons. The van der Waals surface area contributed by atoms with E-state index in [0.29, 0.717) is 26.6 Å². The third-order valence-corrected chi connectivity index (χ3v) is 10.2. The second kappa shape index (κ2) is 45.0. The van der Waals surface area contributed by atoms with Gasteiger partial charge in [-0.1, -0.05) is 134 Å². The van der Waals surface area contributed by atoms with Crippen LogP contribution < -0.4 is 66.3 Å². The summed E-state index contributed by atoms with van der Waals surface area (Å²) >= 11 is 16.1. The Kier molecular flexibility index (Phi) is 49.5. The number of hydrogen-bond acceptors (Lipinski definition) is 9. The number of nitrogens with zero attached hydrogens (tertiary/aromatic N) is 2. The Hall–Kier alpha value is -0.134. The van der Waals surface area contributed by atoms with Crippen molar-refractivity contribution in [1.29, 1.82) is 0 Å². The van der Waals surface area contributed by atoms with Gasteiger partial charge in [-0.2, -0.15) is 0 Å². The zero-order chi connectivity index (χ0) is 52.6. The molecule has 3 aromatic carbocycles. The maximum atomic E-state index is 11.7. The van der Waals surface area contributed by atoms with Crippen LogP contribution in [0.15, 0.2) is 68.0 Å². The maximum absolute atomic E-state index is 11.7. The Morgan fingerprint density at radius 3 is 1.65 bits per heavy atom. The van der Waals surface area contributed by atoms with E-state index in [-0.39, 0.29) is 100 Å². The fourth-order valence-corrected chi connectivity index (χ4v) is 5.14. The number of benzene rings is 3. The number of amides is 2. The zero-order valence-electron chi connectivity index (χ0n) is 42.7. The topological polar surface area (TPSA) is 191 Å². The smallest absolute Gasteiger partial charge is 0.850 e. The molecule has 1 heterocycles. The van der Waals surface area contributed by atoms with Gasteiger partial charge in [-0.15, -0.1) is 5.60 Å². The number of aliphatic hydroxyl groups is 4. The summed E-state index contributed by atoms with van der Waals surface area (Å²) in [6.07, 6.45) is 1.81. The van der Waals surface area contributed by atoms with Crippen molar-refractivity contribution in [3.63, 3.8) is 0 Å². The van der Waals surface area contributed by atoms with Crippen LogP contribution in [0.1, 0.15) is 101 Å². The molecular formula is C47H76Br5KN2O10. The first-order chi connectivity index (χ1) is 30.6. The first-order valence-corrected chi connectivity index (χ1v) is 24.6. The Morgan fingerprint density at radius 2 is 1.29 bits per heavy atom. The number of ether oxygens (including phenoxy) is 1. The molecule has 0 unspecified atom stereocenters. The number of alkyl halides is 2. The molecule has 12 nitrogen and oxygen atoms in total. The molecule has 1 aliphatic rings. The third-order valence-electron chi connectivity index (χ3n) is 6.59. The number of aliphatic carboxylic acids is 1. The van der Waals surface area contributed by atoms with Gasteiger partial charge in [0, 0.05) is 53.8 Å². The molecule has 1 aliphatic heterocycles. The van der Waals surface area contributed by atoms with Crippen LogP contribution in [0, 0.1) is 20.8 Å². The molecule has 2 amide bonds. The largest absolute Gasteiger partial charge is 1.00 e. The van der Waals surface area contributed by atoms with Crippen molar-refractivity contribution in [3.05, 3.63) is 90.3 Å². The Bertz CT molecular complexity index is 1700. The van der Waals surface area contributed by atoms with Crippen LogP contribution >= 0.6 is 79.6 Å². The Balaban J connectivity index is -0.000000169. The van der Waals surface area contributed by atoms with Crippen molar-refractivity contribution in [2.45, 2.75) is 115 Å². The summed E-state index contributed by atoms with van der Waals surface area (Å²) in [5, 5.41) is 51.7. The van der Waals surface area contributed by atoms with Crippen molar-refractivity contribution < 1.29 is 104 Å². The standard InChI is InChI=1S/C11H13Br2NO2.C11H12BrNO2.C10H13BrO.C4H10O.C4H9O.C2H3BrO2.C2H6O.C2H6.CH4.K/c1-8-6-9(2-3-10(8)13)14(4-5-15)11(16)7-12;1-8-6-9(2-3-10(8)12)13-4-5-15-7-11(13)14;1-8-7-9(3-2-6-12)4-5-10(8)11;2*1-4(2,3)5;3-1-2(4)5;1-2-3;1-2;;/h2-3,6,15H,4-5,7H2,1H3;2-3,6H,4-5,7H2,1H3;4-5,7,12H,2-3,6H2,1H3;5H,1-3H3;1-3H3;1H2,(H,4,5);3H,2H2,1H3;1-2H3;1H4;/q;;;;-1;;;;;+1/i;;;;;;;1D;1T;. The van der Waals surface area contributed by atoms with E-state index in [4.69, 9.17) is 33.0 Å². The Labute approximate surface area is 478 Å². The summed E-state index contributed by atoms with van der Waals surface area (Å²) in [5.41, 5.74) is 5.24. The minimum absolute atomic E-state index is 0. The molecule has 0 bridgehead atoms. The summed E-state index contributed by atoms with van der Waals surface area (Å²) in [5.74, 6) is -0.858. The molecule has 0 aliphatic carbocycles. The minimum atomic E-state index is -0.829. The van der Waals surface area contributed by atoms with Gasteiger partial charge in [0.1, 0.15) is 11.9 Å². The molecule has 0 aromatic heterocycles. The number of anilines is 2. The molecule has 1 fully saturated rings. The molecule has 1 saturated heterocycles. The summed E-state index contributed by atoms with van der Waals surface area (Å²) in [7, 11) is 1.25.